The maximum absolute atomic E-state index is 13.7. The van der Waals surface area contributed by atoms with Gasteiger partial charge in [-0.25, -0.2) is 8.78 Å². The van der Waals surface area contributed by atoms with Gasteiger partial charge in [-0.2, -0.15) is 0 Å². The molecule has 0 unspecified atom stereocenters. The van der Waals surface area contributed by atoms with E-state index in [0.717, 1.165) is 33.1 Å². The van der Waals surface area contributed by atoms with E-state index in [1.165, 1.54) is 113 Å². The monoisotopic (exact) mass is 1560 g/mol. The number of aromatic nitrogens is 6. The number of nitrogens with zero attached hydrogens (tertiary/aromatic N) is 4. The highest BCUT2D eigenvalue weighted by Crippen LogP contribution is 2.54. The van der Waals surface area contributed by atoms with Gasteiger partial charge in [0.05, 0.1) is 55.2 Å². The molecule has 0 saturated heterocycles. The van der Waals surface area contributed by atoms with Crippen LogP contribution in [0.5, 0.6) is 0 Å². The quantitative estimate of drug-likeness (QED) is 0.167. The molecule has 6 aromatic heterocycles. The zero-order chi connectivity index (χ0) is 81.9. The summed E-state index contributed by atoms with van der Waals surface area (Å²) in [5, 5.41) is 14.4. The molecule has 0 saturated carbocycles. The first-order valence-corrected chi connectivity index (χ1v) is 39.5. The molecule has 0 aliphatic heterocycles. The molecule has 14 heteroatoms. The van der Waals surface area contributed by atoms with Crippen molar-refractivity contribution in [2.75, 3.05) is 0 Å². The van der Waals surface area contributed by atoms with Gasteiger partial charge in [-0.15, -0.1) is 0 Å². The van der Waals surface area contributed by atoms with E-state index in [1.54, 1.807) is 59.6 Å². The summed E-state index contributed by atoms with van der Waals surface area (Å²) in [7, 11) is 7.33. The molecule has 6 heterocycles. The second kappa shape index (κ2) is 29.2. The van der Waals surface area contributed by atoms with Gasteiger partial charge in [0.15, 0.2) is 32.6 Å². The van der Waals surface area contributed by atoms with Crippen molar-refractivity contribution in [1.82, 2.24) is 28.2 Å². The first-order valence-electron chi connectivity index (χ1n) is 39.5. The van der Waals surface area contributed by atoms with Crippen molar-refractivity contribution in [1.29, 1.82) is 0 Å². The van der Waals surface area contributed by atoms with Gasteiger partial charge in [-0.05, 0) is 198 Å². The summed E-state index contributed by atoms with van der Waals surface area (Å²) < 4.78 is 34.8. The molecule has 0 atom stereocenters. The Morgan fingerprint density at radius 3 is 0.717 bits per heavy atom. The van der Waals surface area contributed by atoms with Gasteiger partial charge in [0, 0.05) is 104 Å². The van der Waals surface area contributed by atoms with Crippen LogP contribution in [0, 0.1) is 11.6 Å². The molecule has 0 bridgehead atoms. The van der Waals surface area contributed by atoms with E-state index in [9.17, 15) is 37.5 Å². The van der Waals surface area contributed by atoms with Gasteiger partial charge in [-0.1, -0.05) is 218 Å². The molecule has 17 aromatic carbocycles. The average molecular weight is 1560 g/mol. The van der Waals surface area contributed by atoms with E-state index >= 15 is 0 Å². The summed E-state index contributed by atoms with van der Waals surface area (Å²) in [6.45, 7) is 0. The van der Waals surface area contributed by atoms with Gasteiger partial charge in [0.2, 0.25) is 0 Å². The number of pyridine rings is 6. The summed E-state index contributed by atoms with van der Waals surface area (Å²) in [4.78, 5) is 84.2. The fraction of sp³-hybridized carbons (Fsp3) is 0.0377. The number of fused-ring (bicyclic) bond motifs is 15. The Labute approximate surface area is 681 Å². The molecule has 0 aliphatic rings. The fourth-order valence-electron chi connectivity index (χ4n) is 18.0. The Morgan fingerprint density at radius 1 is 0.192 bits per heavy atom. The number of nitrogens with one attached hydrogen (secondary N) is 2. The first kappa shape index (κ1) is 73.1. The third-order valence-corrected chi connectivity index (χ3v) is 23.8. The first-order chi connectivity index (χ1) is 58.6. The van der Waals surface area contributed by atoms with Crippen LogP contribution in [-0.2, 0) is 28.2 Å². The number of halogens is 2. The Kier molecular flexibility index (Phi) is 17.8. The minimum atomic E-state index is -0.438. The van der Waals surface area contributed by atoms with Crippen LogP contribution in [0.4, 0.5) is 8.78 Å². The number of hydrogen-bond donors (Lipinski definition) is 2. The van der Waals surface area contributed by atoms with Gasteiger partial charge in [-0.3, -0.25) is 28.8 Å². The second-order valence-electron chi connectivity index (χ2n) is 30.4. The molecular weight excluding hydrogens is 1490 g/mol. The minimum Gasteiger partial charge on any atom is -0.354 e. The molecule has 574 valence electrons. The largest absolute Gasteiger partial charge is 0.354 e. The van der Waals surface area contributed by atoms with Crippen LogP contribution in [-0.4, -0.2) is 28.2 Å². The van der Waals surface area contributed by atoms with E-state index in [0.29, 0.717) is 97.7 Å². The predicted octanol–water partition coefficient (Wildman–Crippen LogP) is 23.2. The van der Waals surface area contributed by atoms with Crippen molar-refractivity contribution in [2.24, 2.45) is 28.2 Å². The van der Waals surface area contributed by atoms with Crippen molar-refractivity contribution in [3.8, 4) is 44.5 Å². The van der Waals surface area contributed by atoms with E-state index in [4.69, 9.17) is 0 Å². The molecule has 0 fully saturated rings. The van der Waals surface area contributed by atoms with E-state index in [-0.39, 0.29) is 32.6 Å². The summed E-state index contributed by atoms with van der Waals surface area (Å²) in [6.07, 6.45) is 0. The Morgan fingerprint density at radius 2 is 0.417 bits per heavy atom. The van der Waals surface area contributed by atoms with Crippen molar-refractivity contribution < 1.29 is 8.78 Å². The number of H-pyrrole nitrogens is 2. The summed E-state index contributed by atoms with van der Waals surface area (Å²) in [6, 6.07) is 110. The maximum Gasteiger partial charge on any atom is 0.197 e. The second-order valence-corrected chi connectivity index (χ2v) is 30.4. The average Bonchev–Trinajstić information content (AvgIpc) is 0.694. The zero-order valence-corrected chi connectivity index (χ0v) is 65.3. The van der Waals surface area contributed by atoms with Crippen LogP contribution in [0.1, 0.15) is 0 Å². The number of benzene rings is 17. The SMILES string of the molecule is Cn1c2cc(F)ccc2c(=O)c2cc3c(cc21)c(=O)c1ccc(F)cc1n3C.Cn1c2ccccc2c(=O)c2cc3c(cc21)c(=O)c1ccccc1n3C.O=c1c2ccccc2[nH]c2cc3c(=O)c4ccccc4[nH]c3cc12.c1ccc(-c2c3ccccc3c(-c3ccccc3)c3c(-c4ccccc4)c4ccccc4c(-c4ccccc4)c23)cc1. The van der Waals surface area contributed by atoms with Crippen LogP contribution in [0.15, 0.2) is 368 Å². The number of rotatable bonds is 4. The zero-order valence-electron chi connectivity index (χ0n) is 65.3. The molecule has 23 aromatic rings. The lowest BCUT2D eigenvalue weighted by molar-refractivity contribution is 0.628. The molecule has 0 aliphatic carbocycles. The molecule has 0 radical (unpaired) electrons. The van der Waals surface area contributed by atoms with Crippen molar-refractivity contribution in [3.05, 3.63) is 413 Å². The third-order valence-electron chi connectivity index (χ3n) is 23.8. The van der Waals surface area contributed by atoms with Crippen LogP contribution in [0.25, 0.3) is 208 Å². The minimum absolute atomic E-state index is 0.00351. The van der Waals surface area contributed by atoms with Crippen LogP contribution in [0.3, 0.4) is 0 Å². The molecular formula is C106H70F2N6O6. The maximum atomic E-state index is 13.7. The third kappa shape index (κ3) is 11.9. The Bertz CT molecular complexity index is 8040. The fourth-order valence-corrected chi connectivity index (χ4v) is 18.0. The topological polar surface area (TPSA) is 154 Å². The van der Waals surface area contributed by atoms with E-state index in [2.05, 4.69) is 180 Å². The summed E-state index contributed by atoms with van der Waals surface area (Å²) >= 11 is 0. The lowest BCUT2D eigenvalue weighted by atomic mass is 9.77. The summed E-state index contributed by atoms with van der Waals surface area (Å²) in [5.74, 6) is -0.877. The van der Waals surface area contributed by atoms with Crippen molar-refractivity contribution in [3.63, 3.8) is 0 Å². The smallest absolute Gasteiger partial charge is 0.197 e. The molecule has 12 nitrogen and oxygen atoms in total. The predicted molar refractivity (Wildman–Crippen MR) is 492 cm³/mol. The van der Waals surface area contributed by atoms with Crippen LogP contribution < -0.4 is 32.6 Å². The van der Waals surface area contributed by atoms with Gasteiger partial charge < -0.3 is 28.2 Å². The van der Waals surface area contributed by atoms with Crippen molar-refractivity contribution >= 4 is 163 Å². The lowest BCUT2D eigenvalue weighted by Crippen LogP contribution is -2.13. The number of aryl methyl sites for hydroxylation is 4. The Hall–Kier alpha value is -15.8. The highest BCUT2D eigenvalue weighted by atomic mass is 19.1. The van der Waals surface area contributed by atoms with Gasteiger partial charge >= 0.3 is 0 Å². The van der Waals surface area contributed by atoms with E-state index < -0.39 is 11.6 Å². The molecule has 2 N–H and O–H groups in total. The highest BCUT2D eigenvalue weighted by molar-refractivity contribution is 6.34. The number of para-hydroxylation sites is 4. The highest BCUT2D eigenvalue weighted by Gasteiger charge is 2.27. The molecule has 23 rings (SSSR count). The number of hydrogen-bond acceptors (Lipinski definition) is 6. The van der Waals surface area contributed by atoms with Crippen LogP contribution in [0.2, 0.25) is 0 Å². The molecule has 120 heavy (non-hydrogen) atoms. The standard InChI is InChI=1S/C42H28.C22H14F2N2O2.C22H16N2O2.C20H12N2O2/c1-5-17-29(18-6-1)37-33-25-13-14-26-34(33)39(31-21-9-3-10-22-31)42-40(32-23-11-4-12-24-32)36-28-16-15-27-35(36)38(41(37)42)30-19-7-2-8-20-30;1-25-17-7-11(23)3-5-13(17)21(27)15-10-20-16(9-19(15)25)22(28)14-6-4-12(24)8-18(14)26(20)2;1-23-17-9-5-3-7-13(17)21(25)15-12-20-16(11-19(15)23)22(26)14-8-4-6-10-18(14)24(20)2;23-19-11-5-1-3-7-15(11)21-17-10-14-18(9-13(17)19)22-16-8-4-2-6-12(16)20(14)24/h1-28H;3-10H,1-2H3;3-12H,1-2H3;1-10H,(H,21,23)(H,22,24). The molecule has 0 spiro atoms. The van der Waals surface area contributed by atoms with Crippen LogP contribution >= 0.6 is 0 Å². The van der Waals surface area contributed by atoms with E-state index in [1.807, 2.05) is 120 Å². The Balaban J connectivity index is 0.000000105. The van der Waals surface area contributed by atoms with Gasteiger partial charge in [0.1, 0.15) is 11.6 Å². The number of aromatic amines is 2. The lowest BCUT2D eigenvalue weighted by Gasteiger charge is -2.25. The van der Waals surface area contributed by atoms with Gasteiger partial charge in [0.25, 0.3) is 0 Å². The normalized spacial score (nSPS) is 11.6. The molecule has 0 amide bonds. The summed E-state index contributed by atoms with van der Waals surface area (Å²) in [5.41, 5.74) is 17.6. The van der Waals surface area contributed by atoms with Crippen molar-refractivity contribution in [2.45, 2.75) is 0 Å².